The van der Waals surface area contributed by atoms with E-state index in [4.69, 9.17) is 23.5 Å². The van der Waals surface area contributed by atoms with Crippen LogP contribution in [0.1, 0.15) is 33.1 Å². The van der Waals surface area contributed by atoms with Crippen LogP contribution in [0, 0.1) is 6.92 Å². The standard InChI is InChI=1S/C23H21N5O5/c1-13-19-17(33-21(13)22(29)25-9-15-6-8-31-27-15)5-4-14-10-28(26-20(14)19)11-16-12-30-23-18(32-16)3-2-7-24-23/h2-3,6-8,10,16H,4-5,9,11-12H2,1H3,(H,25,29). The number of fused-ring (bicyclic) bond motifs is 4. The lowest BCUT2D eigenvalue weighted by Crippen LogP contribution is -2.33. The van der Waals surface area contributed by atoms with Gasteiger partial charge in [-0.25, -0.2) is 4.98 Å². The van der Waals surface area contributed by atoms with Crippen LogP contribution < -0.4 is 14.8 Å². The Morgan fingerprint density at radius 1 is 1.30 bits per heavy atom. The number of aryl methyl sites for hydroxylation is 2. The maximum Gasteiger partial charge on any atom is 0.287 e. The number of hydrogen-bond acceptors (Lipinski definition) is 8. The molecular formula is C23H21N5O5. The van der Waals surface area contributed by atoms with Crippen LogP contribution in [0.5, 0.6) is 11.6 Å². The fraction of sp³-hybridized carbons (Fsp3) is 0.304. The van der Waals surface area contributed by atoms with E-state index < -0.39 is 0 Å². The molecule has 0 spiro atoms. The Balaban J connectivity index is 1.21. The third-order valence-corrected chi connectivity index (χ3v) is 5.87. The van der Waals surface area contributed by atoms with Gasteiger partial charge in [-0.1, -0.05) is 5.16 Å². The van der Waals surface area contributed by atoms with Gasteiger partial charge >= 0.3 is 0 Å². The van der Waals surface area contributed by atoms with Crippen LogP contribution >= 0.6 is 0 Å². The summed E-state index contributed by atoms with van der Waals surface area (Å²) in [4.78, 5) is 16.9. The smallest absolute Gasteiger partial charge is 0.287 e. The highest BCUT2D eigenvalue weighted by Gasteiger charge is 2.30. The molecule has 0 bridgehead atoms. The molecule has 1 aliphatic heterocycles. The van der Waals surface area contributed by atoms with Crippen LogP contribution in [0.3, 0.4) is 0 Å². The van der Waals surface area contributed by atoms with Gasteiger partial charge in [-0.05, 0) is 31.0 Å². The Bertz CT molecular complexity index is 1320. The first kappa shape index (κ1) is 19.6. The van der Waals surface area contributed by atoms with Crippen molar-refractivity contribution in [1.82, 2.24) is 25.2 Å². The zero-order valence-corrected chi connectivity index (χ0v) is 17.9. The fourth-order valence-corrected chi connectivity index (χ4v) is 4.31. The number of carbonyl (C=O) groups excluding carboxylic acids is 1. The fourth-order valence-electron chi connectivity index (χ4n) is 4.31. The van der Waals surface area contributed by atoms with E-state index in [2.05, 4.69) is 15.5 Å². The molecule has 10 heteroatoms. The number of nitrogens with zero attached hydrogens (tertiary/aromatic N) is 4. The zero-order chi connectivity index (χ0) is 22.4. The second-order valence-corrected chi connectivity index (χ2v) is 8.11. The van der Waals surface area contributed by atoms with E-state index in [0.29, 0.717) is 42.7 Å². The van der Waals surface area contributed by atoms with Crippen molar-refractivity contribution in [3.05, 3.63) is 65.2 Å². The minimum Gasteiger partial charge on any atom is -0.479 e. The van der Waals surface area contributed by atoms with Crippen LogP contribution in [-0.2, 0) is 25.9 Å². The molecule has 0 aromatic carbocycles. The molecule has 4 aromatic heterocycles. The minimum atomic E-state index is -0.286. The van der Waals surface area contributed by atoms with Gasteiger partial charge in [0.05, 0.1) is 18.8 Å². The lowest BCUT2D eigenvalue weighted by Gasteiger charge is -2.25. The first-order valence-corrected chi connectivity index (χ1v) is 10.8. The van der Waals surface area contributed by atoms with Crippen molar-refractivity contribution < 1.29 is 23.2 Å². The van der Waals surface area contributed by atoms with E-state index in [1.165, 1.54) is 6.26 Å². The van der Waals surface area contributed by atoms with Gasteiger partial charge in [0.2, 0.25) is 0 Å². The molecule has 0 fully saturated rings. The summed E-state index contributed by atoms with van der Waals surface area (Å²) in [5, 5.41) is 11.4. The normalized spacial score (nSPS) is 16.2. The number of furan rings is 1. The van der Waals surface area contributed by atoms with E-state index in [0.717, 1.165) is 34.6 Å². The Hall–Kier alpha value is -4.08. The first-order chi connectivity index (χ1) is 16.2. The summed E-state index contributed by atoms with van der Waals surface area (Å²) < 4.78 is 24.4. The highest BCUT2D eigenvalue weighted by Crippen LogP contribution is 2.38. The zero-order valence-electron chi connectivity index (χ0n) is 17.9. The van der Waals surface area contributed by atoms with E-state index in [-0.39, 0.29) is 18.6 Å². The van der Waals surface area contributed by atoms with Gasteiger partial charge in [0, 0.05) is 36.0 Å². The summed E-state index contributed by atoms with van der Waals surface area (Å²) in [6, 6.07) is 5.37. The monoisotopic (exact) mass is 447 g/mol. The maximum absolute atomic E-state index is 12.7. The number of amides is 1. The van der Waals surface area contributed by atoms with Gasteiger partial charge < -0.3 is 23.7 Å². The molecule has 1 atom stereocenters. The molecule has 6 rings (SSSR count). The topological polar surface area (TPSA) is 117 Å². The Morgan fingerprint density at radius 3 is 3.12 bits per heavy atom. The summed E-state index contributed by atoms with van der Waals surface area (Å²) in [5.41, 5.74) is 4.31. The van der Waals surface area contributed by atoms with Crippen molar-refractivity contribution in [3.63, 3.8) is 0 Å². The van der Waals surface area contributed by atoms with E-state index in [1.807, 2.05) is 29.9 Å². The van der Waals surface area contributed by atoms with Gasteiger partial charge in [-0.2, -0.15) is 5.10 Å². The Labute approximate surface area is 188 Å². The number of ether oxygens (including phenoxy) is 2. The number of rotatable bonds is 5. The van der Waals surface area contributed by atoms with Crippen molar-refractivity contribution in [3.8, 4) is 22.9 Å². The summed E-state index contributed by atoms with van der Waals surface area (Å²) >= 11 is 0. The highest BCUT2D eigenvalue weighted by molar-refractivity contribution is 5.95. The van der Waals surface area contributed by atoms with Gasteiger partial charge in [0.25, 0.3) is 11.8 Å². The Kier molecular flexibility index (Phi) is 4.63. The molecule has 33 heavy (non-hydrogen) atoms. The molecular weight excluding hydrogens is 426 g/mol. The second-order valence-electron chi connectivity index (χ2n) is 8.11. The molecule has 10 nitrogen and oxygen atoms in total. The average Bonchev–Trinajstić information content (AvgIpc) is 3.56. The summed E-state index contributed by atoms with van der Waals surface area (Å²) in [5.74, 6) is 1.96. The molecule has 2 aliphatic rings. The Morgan fingerprint density at radius 2 is 2.24 bits per heavy atom. The first-order valence-electron chi connectivity index (χ1n) is 10.8. The van der Waals surface area contributed by atoms with Crippen molar-refractivity contribution in [2.75, 3.05) is 6.61 Å². The van der Waals surface area contributed by atoms with Gasteiger partial charge in [-0.15, -0.1) is 0 Å². The summed E-state index contributed by atoms with van der Waals surface area (Å²) in [7, 11) is 0. The largest absolute Gasteiger partial charge is 0.479 e. The minimum absolute atomic E-state index is 0.175. The van der Waals surface area contributed by atoms with Crippen LogP contribution in [0.4, 0.5) is 0 Å². The van der Waals surface area contributed by atoms with Crippen molar-refractivity contribution >= 4 is 5.91 Å². The van der Waals surface area contributed by atoms with Gasteiger partial charge in [0.15, 0.2) is 17.6 Å². The summed E-state index contributed by atoms with van der Waals surface area (Å²) in [6.07, 6.45) is 6.52. The SMILES string of the molecule is Cc1c(C(=O)NCc2ccon2)oc2c1-c1nn(CC3COc4ncccc4O3)cc1CC2. The number of nitrogens with one attached hydrogen (secondary N) is 1. The lowest BCUT2D eigenvalue weighted by molar-refractivity contribution is 0.0716. The van der Waals surface area contributed by atoms with Crippen molar-refractivity contribution in [2.24, 2.45) is 0 Å². The third kappa shape index (κ3) is 3.53. The molecule has 168 valence electrons. The van der Waals surface area contributed by atoms with Crippen LogP contribution in [0.15, 0.2) is 45.8 Å². The predicted octanol–water partition coefficient (Wildman–Crippen LogP) is 2.70. The quantitative estimate of drug-likeness (QED) is 0.496. The van der Waals surface area contributed by atoms with Gasteiger partial charge in [0.1, 0.15) is 24.3 Å². The maximum atomic E-state index is 12.7. The van der Waals surface area contributed by atoms with E-state index in [9.17, 15) is 4.79 Å². The molecule has 4 aromatic rings. The molecule has 1 N–H and O–H groups in total. The van der Waals surface area contributed by atoms with Crippen molar-refractivity contribution in [2.45, 2.75) is 39.0 Å². The third-order valence-electron chi connectivity index (χ3n) is 5.87. The molecule has 5 heterocycles. The van der Waals surface area contributed by atoms with Gasteiger partial charge in [-0.3, -0.25) is 9.48 Å². The predicted molar refractivity (Wildman–Crippen MR) is 114 cm³/mol. The molecule has 0 saturated heterocycles. The van der Waals surface area contributed by atoms with Crippen molar-refractivity contribution in [1.29, 1.82) is 0 Å². The number of carbonyl (C=O) groups is 1. The van der Waals surface area contributed by atoms with E-state index >= 15 is 0 Å². The van der Waals surface area contributed by atoms with Crippen LogP contribution in [-0.4, -0.2) is 38.5 Å². The molecule has 1 amide bonds. The molecule has 0 radical (unpaired) electrons. The number of aromatic nitrogens is 4. The van der Waals surface area contributed by atoms with Crippen LogP contribution in [0.2, 0.25) is 0 Å². The highest BCUT2D eigenvalue weighted by atomic mass is 16.6. The molecule has 1 aliphatic carbocycles. The second kappa shape index (κ2) is 7.80. The summed E-state index contributed by atoms with van der Waals surface area (Å²) in [6.45, 7) is 3.10. The lowest BCUT2D eigenvalue weighted by atomic mass is 9.93. The number of pyridine rings is 1. The molecule has 0 saturated carbocycles. The van der Waals surface area contributed by atoms with Crippen LogP contribution in [0.25, 0.3) is 11.3 Å². The number of hydrogen-bond donors (Lipinski definition) is 1. The van der Waals surface area contributed by atoms with E-state index in [1.54, 1.807) is 12.3 Å². The molecule has 1 unspecified atom stereocenters. The average molecular weight is 447 g/mol.